The number of halogens is 1. The molecule has 0 spiro atoms. The first-order valence-electron chi connectivity index (χ1n) is 11.3. The number of ether oxygens (including phenoxy) is 1. The van der Waals surface area contributed by atoms with Gasteiger partial charge in [-0.3, -0.25) is 14.5 Å². The number of amides is 2. The molecule has 2 fully saturated rings. The Labute approximate surface area is 217 Å². The van der Waals surface area contributed by atoms with Crippen molar-refractivity contribution in [2.24, 2.45) is 5.92 Å². The molecule has 4 rings (SSSR count). The zero-order chi connectivity index (χ0) is 24.2. The molecule has 0 bridgehead atoms. The van der Waals surface area contributed by atoms with E-state index >= 15 is 0 Å². The summed E-state index contributed by atoms with van der Waals surface area (Å²) in [5.41, 5.74) is 1.33. The summed E-state index contributed by atoms with van der Waals surface area (Å²) in [5, 5.41) is 4.37. The lowest BCUT2D eigenvalue weighted by Crippen LogP contribution is -2.33. The van der Waals surface area contributed by atoms with Crippen LogP contribution in [-0.2, 0) is 19.1 Å². The fourth-order valence-electron chi connectivity index (χ4n) is 4.33. The Hall–Kier alpha value is -1.81. The van der Waals surface area contributed by atoms with Gasteiger partial charge in [-0.25, -0.2) is 4.79 Å². The van der Waals surface area contributed by atoms with E-state index in [-0.39, 0.29) is 36.7 Å². The van der Waals surface area contributed by atoms with Gasteiger partial charge >= 0.3 is 5.97 Å². The van der Waals surface area contributed by atoms with Crippen LogP contribution in [0.4, 0.5) is 0 Å². The summed E-state index contributed by atoms with van der Waals surface area (Å²) < 4.78 is 5.68. The predicted molar refractivity (Wildman–Crippen MR) is 141 cm³/mol. The first-order chi connectivity index (χ1) is 16.4. The minimum Gasteiger partial charge on any atom is -0.463 e. The molecular formula is C24H25ClN2O4S3. The van der Waals surface area contributed by atoms with Crippen molar-refractivity contribution in [1.82, 2.24) is 10.2 Å². The fourth-order valence-corrected chi connectivity index (χ4v) is 7.38. The highest BCUT2D eigenvalue weighted by atomic mass is 35.5. The Morgan fingerprint density at radius 2 is 2.06 bits per heavy atom. The fraction of sp³-hybridized carbons (Fsp3) is 0.417. The Kier molecular flexibility index (Phi) is 8.39. The number of esters is 1. The third kappa shape index (κ3) is 5.53. The normalized spacial score (nSPS) is 23.5. The topological polar surface area (TPSA) is 75.7 Å². The van der Waals surface area contributed by atoms with Gasteiger partial charge in [0.05, 0.1) is 22.1 Å². The van der Waals surface area contributed by atoms with E-state index in [2.05, 4.69) is 5.32 Å². The first-order valence-corrected chi connectivity index (χ1v) is 13.7. The first kappa shape index (κ1) is 25.3. The minimum atomic E-state index is -0.346. The summed E-state index contributed by atoms with van der Waals surface area (Å²) in [6, 6.07) is 7.26. The van der Waals surface area contributed by atoms with Crippen LogP contribution in [0.2, 0.25) is 5.02 Å². The molecule has 0 radical (unpaired) electrons. The van der Waals surface area contributed by atoms with E-state index in [0.717, 1.165) is 31.2 Å². The summed E-state index contributed by atoms with van der Waals surface area (Å²) in [6.45, 7) is 2.23. The highest BCUT2D eigenvalue weighted by molar-refractivity contribution is 8.26. The molecule has 3 aliphatic rings. The number of thioether (sulfide) groups is 2. The zero-order valence-corrected chi connectivity index (χ0v) is 21.9. The van der Waals surface area contributed by atoms with Crippen molar-refractivity contribution in [2.75, 3.05) is 13.2 Å². The molecule has 1 aromatic rings. The molecule has 0 aromatic heterocycles. The lowest BCUT2D eigenvalue weighted by Gasteiger charge is -2.25. The number of hydrogen-bond acceptors (Lipinski definition) is 7. The predicted octanol–water partition coefficient (Wildman–Crippen LogP) is 5.13. The third-order valence-corrected chi connectivity index (χ3v) is 9.11. The number of fused-ring (bicyclic) bond motifs is 1. The third-order valence-electron chi connectivity index (χ3n) is 5.96. The molecule has 1 N–H and O–H groups in total. The molecule has 1 saturated carbocycles. The summed E-state index contributed by atoms with van der Waals surface area (Å²) in [4.78, 5) is 40.2. The molecule has 6 nitrogen and oxygen atoms in total. The number of hydrogen-bond donors (Lipinski definition) is 1. The molecule has 2 amide bonds. The second-order valence-corrected chi connectivity index (χ2v) is 11.5. The number of benzene rings is 1. The average molecular weight is 537 g/mol. The van der Waals surface area contributed by atoms with Crippen LogP contribution in [0, 0.1) is 5.92 Å². The van der Waals surface area contributed by atoms with E-state index in [4.69, 9.17) is 28.6 Å². The van der Waals surface area contributed by atoms with Gasteiger partial charge in [0.1, 0.15) is 4.32 Å². The molecule has 2 aliphatic heterocycles. The van der Waals surface area contributed by atoms with Crippen molar-refractivity contribution < 1.29 is 19.1 Å². The van der Waals surface area contributed by atoms with E-state index in [0.29, 0.717) is 36.7 Å². The highest BCUT2D eigenvalue weighted by Crippen LogP contribution is 2.48. The molecule has 2 atom stereocenters. The van der Waals surface area contributed by atoms with Gasteiger partial charge in [-0.2, -0.15) is 0 Å². The molecular weight excluding hydrogens is 512 g/mol. The molecule has 10 heteroatoms. The van der Waals surface area contributed by atoms with Crippen LogP contribution in [0.5, 0.6) is 0 Å². The van der Waals surface area contributed by atoms with Gasteiger partial charge in [0.15, 0.2) is 0 Å². The van der Waals surface area contributed by atoms with Crippen LogP contribution >= 0.6 is 47.3 Å². The number of rotatable bonds is 7. The van der Waals surface area contributed by atoms with Crippen LogP contribution < -0.4 is 5.32 Å². The molecule has 1 saturated heterocycles. The van der Waals surface area contributed by atoms with Gasteiger partial charge in [-0.1, -0.05) is 66.6 Å². The summed E-state index contributed by atoms with van der Waals surface area (Å²) >= 11 is 14.3. The van der Waals surface area contributed by atoms with Crippen LogP contribution in [-0.4, -0.2) is 45.4 Å². The van der Waals surface area contributed by atoms with Crippen molar-refractivity contribution in [3.8, 4) is 0 Å². The Morgan fingerprint density at radius 3 is 2.82 bits per heavy atom. The maximum absolute atomic E-state index is 12.9. The van der Waals surface area contributed by atoms with E-state index < -0.39 is 0 Å². The molecule has 2 heterocycles. The summed E-state index contributed by atoms with van der Waals surface area (Å²) in [7, 11) is 0. The van der Waals surface area contributed by atoms with Crippen molar-refractivity contribution in [1.29, 1.82) is 0 Å². The van der Waals surface area contributed by atoms with Crippen molar-refractivity contribution >= 4 is 75.5 Å². The van der Waals surface area contributed by atoms with E-state index in [1.165, 1.54) is 16.7 Å². The van der Waals surface area contributed by atoms with Crippen molar-refractivity contribution in [3.63, 3.8) is 0 Å². The van der Waals surface area contributed by atoms with Crippen LogP contribution in [0.3, 0.4) is 0 Å². The average Bonchev–Trinajstić information content (AvgIpc) is 3.30. The Morgan fingerprint density at radius 1 is 1.29 bits per heavy atom. The molecule has 34 heavy (non-hydrogen) atoms. The lowest BCUT2D eigenvalue weighted by atomic mass is 9.84. The SMILES string of the molecule is CCOC(=O)C1=C(NC(=O)CCN2C(=O)/C(=C\c3ccccc3Cl)SC2=S)SC2CCCCC12. The van der Waals surface area contributed by atoms with E-state index in [1.54, 1.807) is 30.8 Å². The molecule has 180 valence electrons. The van der Waals surface area contributed by atoms with Crippen LogP contribution in [0.1, 0.15) is 44.6 Å². The quantitative estimate of drug-likeness (QED) is 0.294. The second kappa shape index (κ2) is 11.3. The maximum atomic E-state index is 12.9. The van der Waals surface area contributed by atoms with Gasteiger partial charge < -0.3 is 10.1 Å². The van der Waals surface area contributed by atoms with E-state index in [1.807, 2.05) is 18.2 Å². The number of nitrogens with one attached hydrogen (secondary N) is 1. The number of nitrogens with zero attached hydrogens (tertiary/aromatic N) is 1. The molecule has 1 aromatic carbocycles. The molecule has 2 unspecified atom stereocenters. The second-order valence-electron chi connectivity index (χ2n) is 8.16. The molecule has 1 aliphatic carbocycles. The van der Waals surface area contributed by atoms with Crippen LogP contribution in [0.15, 0.2) is 39.8 Å². The van der Waals surface area contributed by atoms with Gasteiger partial charge in [0.25, 0.3) is 5.91 Å². The largest absolute Gasteiger partial charge is 0.463 e. The van der Waals surface area contributed by atoms with Gasteiger partial charge in [0, 0.05) is 29.2 Å². The summed E-state index contributed by atoms with van der Waals surface area (Å²) in [6.07, 6.45) is 5.94. The van der Waals surface area contributed by atoms with Gasteiger partial charge in [-0.15, -0.1) is 11.8 Å². The number of carbonyl (C=O) groups is 3. The zero-order valence-electron chi connectivity index (χ0n) is 18.7. The Balaban J connectivity index is 1.40. The minimum absolute atomic E-state index is 0.0707. The lowest BCUT2D eigenvalue weighted by molar-refractivity contribution is -0.139. The standard InChI is InChI=1S/C24H25ClN2O4S3/c1-2-31-23(30)20-15-8-4-6-10-17(15)33-21(20)26-19(28)11-12-27-22(29)18(34-24(27)32)13-14-7-3-5-9-16(14)25/h3,5,7,9,13,15,17H,2,4,6,8,10-12H2,1H3,(H,26,28)/b18-13+. The number of carbonyl (C=O) groups excluding carboxylic acids is 3. The Bertz CT molecular complexity index is 1090. The van der Waals surface area contributed by atoms with Crippen molar-refractivity contribution in [2.45, 2.75) is 44.3 Å². The van der Waals surface area contributed by atoms with Gasteiger partial charge in [-0.05, 0) is 37.5 Å². The maximum Gasteiger partial charge on any atom is 0.336 e. The number of thiocarbonyl (C=S) groups is 1. The smallest absolute Gasteiger partial charge is 0.336 e. The van der Waals surface area contributed by atoms with E-state index in [9.17, 15) is 14.4 Å². The van der Waals surface area contributed by atoms with Crippen LogP contribution in [0.25, 0.3) is 6.08 Å². The van der Waals surface area contributed by atoms with Gasteiger partial charge in [0.2, 0.25) is 5.91 Å². The highest BCUT2D eigenvalue weighted by Gasteiger charge is 2.41. The summed E-state index contributed by atoms with van der Waals surface area (Å²) in [5.74, 6) is -0.724. The monoisotopic (exact) mass is 536 g/mol. The van der Waals surface area contributed by atoms with Crippen molar-refractivity contribution in [3.05, 3.63) is 50.4 Å².